The Kier molecular flexibility index (Phi) is 7.30. The van der Waals surface area contributed by atoms with Crippen molar-refractivity contribution in [3.8, 4) is 0 Å². The van der Waals surface area contributed by atoms with Gasteiger partial charge in [0.1, 0.15) is 0 Å². The zero-order valence-corrected chi connectivity index (χ0v) is 13.5. The van der Waals surface area contributed by atoms with Crippen molar-refractivity contribution in [1.29, 1.82) is 0 Å². The molecule has 0 fully saturated rings. The van der Waals surface area contributed by atoms with Crippen molar-refractivity contribution >= 4 is 33.4 Å². The van der Waals surface area contributed by atoms with Gasteiger partial charge in [-0.3, -0.25) is 9.59 Å². The van der Waals surface area contributed by atoms with Crippen LogP contribution in [0.2, 0.25) is 0 Å². The lowest BCUT2D eigenvalue weighted by Gasteiger charge is -2.10. The summed E-state index contributed by atoms with van der Waals surface area (Å²) in [7, 11) is 0. The molecule has 20 heavy (non-hydrogen) atoms. The molecule has 0 radical (unpaired) electrons. The lowest BCUT2D eigenvalue weighted by atomic mass is 10.1. The van der Waals surface area contributed by atoms with Crippen molar-refractivity contribution < 1.29 is 9.59 Å². The van der Waals surface area contributed by atoms with Gasteiger partial charge >= 0.3 is 0 Å². The van der Waals surface area contributed by atoms with Crippen LogP contribution in [0.4, 0.5) is 5.69 Å². The highest BCUT2D eigenvalue weighted by molar-refractivity contribution is 9.09. The van der Waals surface area contributed by atoms with Crippen molar-refractivity contribution in [1.82, 2.24) is 5.32 Å². The number of rotatable bonds is 7. The number of amides is 2. The SMILES string of the molecule is CCNC(=O)c1ccc(C)c(NC(=O)CCCCBr)c1. The van der Waals surface area contributed by atoms with E-state index < -0.39 is 0 Å². The summed E-state index contributed by atoms with van der Waals surface area (Å²) in [6.45, 7) is 4.37. The van der Waals surface area contributed by atoms with Gasteiger partial charge in [-0.1, -0.05) is 22.0 Å². The minimum atomic E-state index is -0.123. The Bertz CT molecular complexity index is 475. The molecule has 0 bridgehead atoms. The van der Waals surface area contributed by atoms with Gasteiger partial charge in [-0.15, -0.1) is 0 Å². The van der Waals surface area contributed by atoms with Crippen molar-refractivity contribution in [2.45, 2.75) is 33.1 Å². The number of hydrogen-bond donors (Lipinski definition) is 2. The van der Waals surface area contributed by atoms with E-state index in [-0.39, 0.29) is 11.8 Å². The van der Waals surface area contributed by atoms with Crippen molar-refractivity contribution in [3.63, 3.8) is 0 Å². The molecule has 2 N–H and O–H groups in total. The average molecular weight is 341 g/mol. The number of carbonyl (C=O) groups excluding carboxylic acids is 2. The van der Waals surface area contributed by atoms with E-state index in [1.54, 1.807) is 12.1 Å². The van der Waals surface area contributed by atoms with Crippen LogP contribution in [-0.2, 0) is 4.79 Å². The summed E-state index contributed by atoms with van der Waals surface area (Å²) in [5.74, 6) is -0.135. The maximum Gasteiger partial charge on any atom is 0.251 e. The topological polar surface area (TPSA) is 58.2 Å². The van der Waals surface area contributed by atoms with Crippen molar-refractivity contribution in [2.75, 3.05) is 17.2 Å². The second-order valence-corrected chi connectivity index (χ2v) is 5.38. The van der Waals surface area contributed by atoms with Gasteiger partial charge in [0.15, 0.2) is 0 Å². The number of alkyl halides is 1. The molecule has 0 saturated heterocycles. The lowest BCUT2D eigenvalue weighted by Crippen LogP contribution is -2.23. The van der Waals surface area contributed by atoms with E-state index in [9.17, 15) is 9.59 Å². The summed E-state index contributed by atoms with van der Waals surface area (Å²) < 4.78 is 0. The fraction of sp³-hybridized carbons (Fsp3) is 0.467. The first-order chi connectivity index (χ1) is 9.58. The van der Waals surface area contributed by atoms with E-state index in [2.05, 4.69) is 26.6 Å². The minimum Gasteiger partial charge on any atom is -0.352 e. The quantitative estimate of drug-likeness (QED) is 0.591. The minimum absolute atomic E-state index is 0.0119. The first kappa shape index (κ1) is 16.7. The van der Waals surface area contributed by atoms with Crippen LogP contribution in [0, 0.1) is 6.92 Å². The molecule has 1 rings (SSSR count). The number of aryl methyl sites for hydroxylation is 1. The molecular formula is C15H21BrN2O2. The first-order valence-electron chi connectivity index (χ1n) is 6.83. The molecule has 4 nitrogen and oxygen atoms in total. The second kappa shape index (κ2) is 8.74. The molecule has 2 amide bonds. The molecule has 0 saturated carbocycles. The standard InChI is InChI=1S/C15H21BrN2O2/c1-3-17-15(20)12-8-7-11(2)13(10-12)18-14(19)6-4-5-9-16/h7-8,10H,3-6,9H2,1-2H3,(H,17,20)(H,18,19). The molecule has 0 aliphatic rings. The van der Waals surface area contributed by atoms with Gasteiger partial charge in [0.2, 0.25) is 5.91 Å². The van der Waals surface area contributed by atoms with E-state index in [0.29, 0.717) is 24.2 Å². The molecule has 0 aliphatic carbocycles. The zero-order chi connectivity index (χ0) is 15.0. The summed E-state index contributed by atoms with van der Waals surface area (Å²) in [6, 6.07) is 5.34. The molecular weight excluding hydrogens is 320 g/mol. The number of carbonyl (C=O) groups is 2. The predicted octanol–water partition coefficient (Wildman–Crippen LogP) is 3.25. The number of nitrogens with one attached hydrogen (secondary N) is 2. The maximum atomic E-state index is 11.8. The Morgan fingerprint density at radius 3 is 2.65 bits per heavy atom. The first-order valence-corrected chi connectivity index (χ1v) is 7.95. The van der Waals surface area contributed by atoms with Crippen LogP contribution in [0.25, 0.3) is 0 Å². The van der Waals surface area contributed by atoms with E-state index >= 15 is 0 Å². The van der Waals surface area contributed by atoms with Crippen LogP contribution in [-0.4, -0.2) is 23.7 Å². The molecule has 0 heterocycles. The summed E-state index contributed by atoms with van der Waals surface area (Å²) in [6.07, 6.45) is 2.33. The number of hydrogen-bond acceptors (Lipinski definition) is 2. The lowest BCUT2D eigenvalue weighted by molar-refractivity contribution is -0.116. The molecule has 1 aromatic carbocycles. The molecule has 1 aromatic rings. The number of unbranched alkanes of at least 4 members (excludes halogenated alkanes) is 1. The Morgan fingerprint density at radius 1 is 1.25 bits per heavy atom. The second-order valence-electron chi connectivity index (χ2n) is 4.58. The van der Waals surface area contributed by atoms with Crippen LogP contribution in [0.3, 0.4) is 0 Å². The molecule has 0 atom stereocenters. The molecule has 0 spiro atoms. The van der Waals surface area contributed by atoms with E-state index in [1.165, 1.54) is 0 Å². The van der Waals surface area contributed by atoms with E-state index in [4.69, 9.17) is 0 Å². The van der Waals surface area contributed by atoms with Crippen molar-refractivity contribution in [3.05, 3.63) is 29.3 Å². The van der Waals surface area contributed by atoms with Gasteiger partial charge in [0.25, 0.3) is 5.91 Å². The Morgan fingerprint density at radius 2 is 2.00 bits per heavy atom. The Balaban J connectivity index is 2.71. The fourth-order valence-electron chi connectivity index (χ4n) is 1.75. The molecule has 110 valence electrons. The van der Waals surface area contributed by atoms with Crippen LogP contribution >= 0.6 is 15.9 Å². The smallest absolute Gasteiger partial charge is 0.251 e. The van der Waals surface area contributed by atoms with Crippen molar-refractivity contribution in [2.24, 2.45) is 0 Å². The number of anilines is 1. The van der Waals surface area contributed by atoms with E-state index in [1.807, 2.05) is 19.9 Å². The van der Waals surface area contributed by atoms with Gasteiger partial charge in [0.05, 0.1) is 0 Å². The molecule has 0 aliphatic heterocycles. The number of halogens is 1. The van der Waals surface area contributed by atoms with Gasteiger partial charge in [0, 0.05) is 29.5 Å². The highest BCUT2D eigenvalue weighted by Crippen LogP contribution is 2.17. The summed E-state index contributed by atoms with van der Waals surface area (Å²) in [5, 5.41) is 6.53. The average Bonchev–Trinajstić information content (AvgIpc) is 2.42. The third kappa shape index (κ3) is 5.33. The van der Waals surface area contributed by atoms with Crippen LogP contribution in [0.5, 0.6) is 0 Å². The molecule has 0 aromatic heterocycles. The van der Waals surface area contributed by atoms with Gasteiger partial charge < -0.3 is 10.6 Å². The largest absolute Gasteiger partial charge is 0.352 e. The van der Waals surface area contributed by atoms with Crippen LogP contribution < -0.4 is 10.6 Å². The Labute approximate surface area is 128 Å². The summed E-state index contributed by atoms with van der Waals surface area (Å²) >= 11 is 3.34. The predicted molar refractivity (Wildman–Crippen MR) is 85.5 cm³/mol. The highest BCUT2D eigenvalue weighted by Gasteiger charge is 2.09. The van der Waals surface area contributed by atoms with Gasteiger partial charge in [-0.2, -0.15) is 0 Å². The third-order valence-corrected chi connectivity index (χ3v) is 3.46. The third-order valence-electron chi connectivity index (χ3n) is 2.90. The normalized spacial score (nSPS) is 10.2. The Hall–Kier alpha value is -1.36. The maximum absolute atomic E-state index is 11.8. The fourth-order valence-corrected chi connectivity index (χ4v) is 2.15. The monoisotopic (exact) mass is 340 g/mol. The van der Waals surface area contributed by atoms with Crippen LogP contribution in [0.1, 0.15) is 42.1 Å². The van der Waals surface area contributed by atoms with Gasteiger partial charge in [-0.05, 0) is 44.4 Å². The van der Waals surface area contributed by atoms with Gasteiger partial charge in [-0.25, -0.2) is 0 Å². The zero-order valence-electron chi connectivity index (χ0n) is 12.0. The number of benzene rings is 1. The summed E-state index contributed by atoms with van der Waals surface area (Å²) in [4.78, 5) is 23.6. The molecule has 0 unspecified atom stereocenters. The molecule has 5 heteroatoms. The highest BCUT2D eigenvalue weighted by atomic mass is 79.9. The van der Waals surface area contributed by atoms with Crippen LogP contribution in [0.15, 0.2) is 18.2 Å². The van der Waals surface area contributed by atoms with E-state index in [0.717, 1.165) is 23.7 Å². The summed E-state index contributed by atoms with van der Waals surface area (Å²) in [5.41, 5.74) is 2.22.